The van der Waals surface area contributed by atoms with Crippen LogP contribution < -0.4 is 10.5 Å². The van der Waals surface area contributed by atoms with Crippen LogP contribution in [0.3, 0.4) is 0 Å². The van der Waals surface area contributed by atoms with Gasteiger partial charge in [-0.3, -0.25) is 0 Å². The van der Waals surface area contributed by atoms with E-state index in [0.29, 0.717) is 12.0 Å². The van der Waals surface area contributed by atoms with Crippen LogP contribution in [-0.4, -0.2) is 25.0 Å². The molecule has 6 nitrogen and oxygen atoms in total. The Morgan fingerprint density at radius 3 is 2.53 bits per heavy atom. The minimum absolute atomic E-state index is 0.174. The van der Waals surface area contributed by atoms with Crippen molar-refractivity contribution in [2.45, 2.75) is 37.6 Å². The second kappa shape index (κ2) is 5.58. The second-order valence-electron chi connectivity index (χ2n) is 4.54. The van der Waals surface area contributed by atoms with Gasteiger partial charge in [0.1, 0.15) is 0 Å². The number of oxime groups is 1. The second-order valence-corrected chi connectivity index (χ2v) is 6.19. The Kier molecular flexibility index (Phi) is 4.54. The first kappa shape index (κ1) is 15.5. The van der Waals surface area contributed by atoms with Crippen LogP contribution in [0.4, 0.5) is 0 Å². The van der Waals surface area contributed by atoms with Crippen LogP contribution in [0.25, 0.3) is 0 Å². The molecule has 4 N–H and O–H groups in total. The maximum Gasteiger partial charge on any atom is 0.241 e. The molecular formula is C12H19N3O3S. The lowest BCUT2D eigenvalue weighted by Gasteiger charge is -2.27. The lowest BCUT2D eigenvalue weighted by atomic mass is 10.00. The Hall–Kier alpha value is -1.60. The highest BCUT2D eigenvalue weighted by molar-refractivity contribution is 7.89. The van der Waals surface area contributed by atoms with E-state index in [1.807, 2.05) is 0 Å². The van der Waals surface area contributed by atoms with E-state index in [2.05, 4.69) is 9.88 Å². The van der Waals surface area contributed by atoms with Gasteiger partial charge in [0, 0.05) is 0 Å². The molecule has 0 fully saturated rings. The van der Waals surface area contributed by atoms with Crippen molar-refractivity contribution in [1.82, 2.24) is 4.72 Å². The maximum absolute atomic E-state index is 12.3. The zero-order valence-corrected chi connectivity index (χ0v) is 12.0. The number of sulfonamides is 1. The summed E-state index contributed by atoms with van der Waals surface area (Å²) in [4.78, 5) is 0.181. The van der Waals surface area contributed by atoms with E-state index in [1.165, 1.54) is 6.07 Å². The van der Waals surface area contributed by atoms with E-state index in [1.54, 1.807) is 39.0 Å². The monoisotopic (exact) mass is 285 g/mol. The fourth-order valence-corrected chi connectivity index (χ4v) is 3.33. The minimum atomic E-state index is -3.74. The van der Waals surface area contributed by atoms with Gasteiger partial charge in [-0.1, -0.05) is 30.3 Å². The normalized spacial score (nSPS) is 16.1. The minimum Gasteiger partial charge on any atom is -0.409 e. The molecule has 1 aromatic rings. The van der Waals surface area contributed by atoms with Crippen LogP contribution in [0.5, 0.6) is 0 Å². The van der Waals surface area contributed by atoms with Gasteiger partial charge in [-0.2, -0.15) is 4.72 Å². The highest BCUT2D eigenvalue weighted by Crippen LogP contribution is 2.19. The van der Waals surface area contributed by atoms with E-state index in [9.17, 15) is 8.42 Å². The number of aryl methyl sites for hydroxylation is 1. The maximum atomic E-state index is 12.3. The molecule has 19 heavy (non-hydrogen) atoms. The van der Waals surface area contributed by atoms with Crippen molar-refractivity contribution in [2.24, 2.45) is 10.9 Å². The van der Waals surface area contributed by atoms with Crippen molar-refractivity contribution in [1.29, 1.82) is 0 Å². The van der Waals surface area contributed by atoms with Crippen LogP contribution >= 0.6 is 0 Å². The zero-order valence-electron chi connectivity index (χ0n) is 11.2. The van der Waals surface area contributed by atoms with E-state index < -0.39 is 15.6 Å². The molecule has 0 bridgehead atoms. The van der Waals surface area contributed by atoms with Crippen molar-refractivity contribution < 1.29 is 13.6 Å². The van der Waals surface area contributed by atoms with Gasteiger partial charge in [0.05, 0.1) is 10.4 Å². The molecule has 7 heteroatoms. The van der Waals surface area contributed by atoms with Crippen molar-refractivity contribution in [3.05, 3.63) is 29.8 Å². The standard InChI is InChI=1S/C12H19N3O3S/c1-4-12(3,11(13)14-16)15-19(17,18)10-8-6-5-7-9(10)2/h5-8,15-16H,4H2,1-3H3,(H2,13,14). The van der Waals surface area contributed by atoms with Crippen molar-refractivity contribution in [3.63, 3.8) is 0 Å². The largest absolute Gasteiger partial charge is 0.409 e. The molecule has 0 aliphatic rings. The van der Waals surface area contributed by atoms with E-state index in [-0.39, 0.29) is 10.7 Å². The fourth-order valence-electron chi connectivity index (χ4n) is 1.63. The molecule has 0 aliphatic heterocycles. The Balaban J connectivity index is 3.20. The zero-order chi connectivity index (χ0) is 14.7. The number of nitrogens with zero attached hydrogens (tertiary/aromatic N) is 1. The molecule has 0 spiro atoms. The molecule has 0 aromatic heterocycles. The van der Waals surface area contributed by atoms with Gasteiger partial charge < -0.3 is 10.9 Å². The van der Waals surface area contributed by atoms with Gasteiger partial charge in [0.15, 0.2) is 5.84 Å². The van der Waals surface area contributed by atoms with E-state index in [4.69, 9.17) is 10.9 Å². The molecular weight excluding hydrogens is 266 g/mol. The molecule has 0 saturated heterocycles. The Morgan fingerprint density at radius 2 is 2.05 bits per heavy atom. The van der Waals surface area contributed by atoms with Crippen LogP contribution in [0.1, 0.15) is 25.8 Å². The summed E-state index contributed by atoms with van der Waals surface area (Å²) in [5.74, 6) is -0.174. The Bertz CT molecular complexity index is 584. The van der Waals surface area contributed by atoms with Crippen molar-refractivity contribution in [3.8, 4) is 0 Å². The first-order valence-electron chi connectivity index (χ1n) is 5.84. The van der Waals surface area contributed by atoms with Crippen molar-refractivity contribution >= 4 is 15.9 Å². The van der Waals surface area contributed by atoms with Crippen LogP contribution in [0.2, 0.25) is 0 Å². The van der Waals surface area contributed by atoms with Gasteiger partial charge in [-0.05, 0) is 31.9 Å². The third kappa shape index (κ3) is 3.24. The lowest BCUT2D eigenvalue weighted by molar-refractivity contribution is 0.310. The van der Waals surface area contributed by atoms with Crippen LogP contribution in [0, 0.1) is 6.92 Å². The average molecular weight is 285 g/mol. The van der Waals surface area contributed by atoms with Crippen molar-refractivity contribution in [2.75, 3.05) is 0 Å². The van der Waals surface area contributed by atoms with E-state index in [0.717, 1.165) is 0 Å². The summed E-state index contributed by atoms with van der Waals surface area (Å²) < 4.78 is 27.2. The SMILES string of the molecule is CCC(C)(NS(=O)(=O)c1ccccc1C)C(N)=NO. The quantitative estimate of drug-likeness (QED) is 0.327. The summed E-state index contributed by atoms with van der Waals surface area (Å²) in [6, 6.07) is 6.63. The molecule has 1 aromatic carbocycles. The molecule has 1 atom stereocenters. The summed E-state index contributed by atoms with van der Waals surface area (Å²) >= 11 is 0. The molecule has 0 radical (unpaired) electrons. The number of hydrogen-bond donors (Lipinski definition) is 3. The van der Waals surface area contributed by atoms with Gasteiger partial charge in [-0.15, -0.1) is 0 Å². The number of hydrogen-bond acceptors (Lipinski definition) is 4. The number of benzene rings is 1. The number of nitrogens with two attached hydrogens (primary N) is 1. The molecule has 106 valence electrons. The lowest BCUT2D eigenvalue weighted by Crippen LogP contribution is -2.54. The first-order valence-corrected chi connectivity index (χ1v) is 7.33. The molecule has 1 rings (SSSR count). The topological polar surface area (TPSA) is 105 Å². The van der Waals surface area contributed by atoms with Crippen LogP contribution in [0.15, 0.2) is 34.3 Å². The summed E-state index contributed by atoms with van der Waals surface area (Å²) in [5.41, 5.74) is 5.06. The highest BCUT2D eigenvalue weighted by atomic mass is 32.2. The predicted molar refractivity (Wildman–Crippen MR) is 73.6 cm³/mol. The molecule has 0 amide bonds. The number of rotatable bonds is 5. The Labute approximate surface area is 113 Å². The summed E-state index contributed by atoms with van der Waals surface area (Å²) in [7, 11) is -3.74. The molecule has 0 saturated carbocycles. The van der Waals surface area contributed by atoms with E-state index >= 15 is 0 Å². The summed E-state index contributed by atoms with van der Waals surface area (Å²) in [6.45, 7) is 5.03. The third-order valence-corrected chi connectivity index (χ3v) is 4.88. The Morgan fingerprint density at radius 1 is 1.47 bits per heavy atom. The predicted octanol–water partition coefficient (Wildman–Crippen LogP) is 1.19. The first-order chi connectivity index (χ1) is 8.77. The van der Waals surface area contributed by atoms with Gasteiger partial charge in [0.2, 0.25) is 10.0 Å². The van der Waals surface area contributed by atoms with Gasteiger partial charge >= 0.3 is 0 Å². The molecule has 0 aliphatic carbocycles. The highest BCUT2D eigenvalue weighted by Gasteiger charge is 2.33. The fraction of sp³-hybridized carbons (Fsp3) is 0.417. The number of nitrogens with one attached hydrogen (secondary N) is 1. The summed E-state index contributed by atoms with van der Waals surface area (Å²) in [6.07, 6.45) is 0.355. The molecule has 0 heterocycles. The third-order valence-electron chi connectivity index (χ3n) is 3.12. The number of amidine groups is 1. The van der Waals surface area contributed by atoms with Gasteiger partial charge in [0.25, 0.3) is 0 Å². The van der Waals surface area contributed by atoms with Crippen LogP contribution in [-0.2, 0) is 10.0 Å². The molecule has 1 unspecified atom stereocenters. The van der Waals surface area contributed by atoms with Gasteiger partial charge in [-0.25, -0.2) is 8.42 Å². The smallest absolute Gasteiger partial charge is 0.241 e. The summed E-state index contributed by atoms with van der Waals surface area (Å²) in [5, 5.41) is 11.7. The average Bonchev–Trinajstić information content (AvgIpc) is 2.37.